The van der Waals surface area contributed by atoms with E-state index < -0.39 is 11.4 Å². The Hall–Kier alpha value is -1.99. The summed E-state index contributed by atoms with van der Waals surface area (Å²) in [4.78, 5) is 27.1. The number of benzene rings is 1. The number of hydrogen-bond acceptors (Lipinski definition) is 4. The second kappa shape index (κ2) is 5.78. The molecule has 1 aromatic heterocycles. The second-order valence-corrected chi connectivity index (χ2v) is 7.92. The van der Waals surface area contributed by atoms with Gasteiger partial charge in [-0.1, -0.05) is 6.07 Å². The van der Waals surface area contributed by atoms with Crippen LogP contribution in [-0.2, 0) is 9.53 Å². The highest BCUT2D eigenvalue weighted by Crippen LogP contribution is 2.43. The highest BCUT2D eigenvalue weighted by Gasteiger charge is 2.55. The van der Waals surface area contributed by atoms with Crippen molar-refractivity contribution in [3.05, 3.63) is 34.5 Å². The molecule has 0 aliphatic carbocycles. The number of hydrogen-bond donors (Lipinski definition) is 1. The van der Waals surface area contributed by atoms with Crippen LogP contribution in [0.1, 0.15) is 21.7 Å². The Morgan fingerprint density at radius 1 is 1.44 bits per heavy atom. The first-order chi connectivity index (χ1) is 11.9. The molecule has 2 aliphatic heterocycles. The van der Waals surface area contributed by atoms with E-state index in [2.05, 4.69) is 0 Å². The van der Waals surface area contributed by atoms with Crippen LogP contribution in [-0.4, -0.2) is 48.2 Å². The van der Waals surface area contributed by atoms with Gasteiger partial charge in [-0.25, -0.2) is 4.39 Å². The number of fused-ring (bicyclic) bond motifs is 2. The van der Waals surface area contributed by atoms with Gasteiger partial charge in [-0.15, -0.1) is 11.3 Å². The molecule has 0 spiro atoms. The van der Waals surface area contributed by atoms with Crippen LogP contribution in [0.3, 0.4) is 0 Å². The first kappa shape index (κ1) is 16.5. The maximum Gasteiger partial charge on any atom is 0.311 e. The van der Waals surface area contributed by atoms with E-state index in [-0.39, 0.29) is 24.2 Å². The van der Waals surface area contributed by atoms with Gasteiger partial charge >= 0.3 is 5.97 Å². The fraction of sp³-hybridized carbons (Fsp3) is 0.444. The zero-order chi connectivity index (χ0) is 17.8. The van der Waals surface area contributed by atoms with Crippen molar-refractivity contribution < 1.29 is 23.8 Å². The number of carbonyl (C=O) groups is 2. The van der Waals surface area contributed by atoms with Crippen molar-refractivity contribution in [1.29, 1.82) is 0 Å². The molecule has 0 unspecified atom stereocenters. The Labute approximate surface area is 148 Å². The van der Waals surface area contributed by atoms with Gasteiger partial charge in [-0.2, -0.15) is 0 Å². The van der Waals surface area contributed by atoms with Gasteiger partial charge in [0.1, 0.15) is 5.82 Å². The first-order valence-electron chi connectivity index (χ1n) is 8.21. The molecular formula is C18H18FNO4S. The van der Waals surface area contributed by atoms with Crippen LogP contribution in [0.5, 0.6) is 0 Å². The zero-order valence-electron chi connectivity index (χ0n) is 13.8. The molecule has 2 aliphatic rings. The van der Waals surface area contributed by atoms with Crippen LogP contribution >= 0.6 is 11.3 Å². The maximum atomic E-state index is 13.5. The molecule has 7 heteroatoms. The summed E-state index contributed by atoms with van der Waals surface area (Å²) in [6.45, 7) is 3.21. The van der Waals surface area contributed by atoms with E-state index >= 15 is 0 Å². The quantitative estimate of drug-likeness (QED) is 0.891. The normalized spacial score (nSPS) is 26.0. The zero-order valence-corrected chi connectivity index (χ0v) is 14.6. The van der Waals surface area contributed by atoms with Gasteiger partial charge in [0.2, 0.25) is 0 Å². The molecule has 1 N–H and O–H groups in total. The molecule has 0 bridgehead atoms. The lowest BCUT2D eigenvalue weighted by molar-refractivity contribution is -0.157. The van der Waals surface area contributed by atoms with Crippen LogP contribution in [0.25, 0.3) is 10.1 Å². The van der Waals surface area contributed by atoms with E-state index in [0.717, 1.165) is 15.6 Å². The summed E-state index contributed by atoms with van der Waals surface area (Å²) in [5.41, 5.74) is -0.0922. The van der Waals surface area contributed by atoms with Crippen molar-refractivity contribution in [2.45, 2.75) is 13.3 Å². The van der Waals surface area contributed by atoms with Gasteiger partial charge in [0, 0.05) is 30.3 Å². The number of nitrogens with zero attached hydrogens (tertiary/aromatic N) is 1. The highest BCUT2D eigenvalue weighted by molar-refractivity contribution is 7.21. The van der Waals surface area contributed by atoms with Gasteiger partial charge in [0.15, 0.2) is 0 Å². The minimum Gasteiger partial charge on any atom is -0.481 e. The van der Waals surface area contributed by atoms with E-state index in [1.165, 1.54) is 23.5 Å². The van der Waals surface area contributed by atoms with E-state index in [9.17, 15) is 19.1 Å². The molecule has 2 fully saturated rings. The molecule has 1 aromatic carbocycles. The standard InChI is InChI=1S/C18H18FNO4S/c1-10-13-3-2-12(19)6-14(13)25-15(10)16(21)20-7-11-8-24-5-4-18(11,9-20)17(22)23/h2-3,6,11H,4-5,7-9H2,1H3,(H,22,23)/t11-,18+/m0/s1. The Balaban J connectivity index is 1.68. The number of aliphatic carboxylic acids is 1. The minimum atomic E-state index is -0.912. The molecule has 5 nitrogen and oxygen atoms in total. The van der Waals surface area contributed by atoms with E-state index in [1.807, 2.05) is 6.92 Å². The third-order valence-corrected chi connectivity index (χ3v) is 6.76. The topological polar surface area (TPSA) is 66.8 Å². The van der Waals surface area contributed by atoms with Crippen molar-refractivity contribution in [3.63, 3.8) is 0 Å². The molecular weight excluding hydrogens is 345 g/mol. The number of carbonyl (C=O) groups excluding carboxylic acids is 1. The molecule has 0 radical (unpaired) electrons. The predicted octanol–water partition coefficient (Wildman–Crippen LogP) is 2.91. The number of amides is 1. The van der Waals surface area contributed by atoms with Crippen LogP contribution < -0.4 is 0 Å². The number of rotatable bonds is 2. The Morgan fingerprint density at radius 3 is 2.96 bits per heavy atom. The number of likely N-dealkylation sites (tertiary alicyclic amines) is 1. The number of thiophene rings is 1. The molecule has 1 amide bonds. The van der Waals surface area contributed by atoms with Gasteiger partial charge < -0.3 is 14.7 Å². The number of carboxylic acid groups (broad SMARTS) is 1. The fourth-order valence-electron chi connectivity index (χ4n) is 4.00. The summed E-state index contributed by atoms with van der Waals surface area (Å²) in [5, 5.41) is 10.6. The van der Waals surface area contributed by atoms with Gasteiger partial charge in [0.25, 0.3) is 5.91 Å². The SMILES string of the molecule is Cc1c(C(=O)N2C[C@H]3COCC[C@@]3(C(=O)O)C2)sc2cc(F)ccc12. The molecule has 2 aromatic rings. The lowest BCUT2D eigenvalue weighted by atomic mass is 9.74. The van der Waals surface area contributed by atoms with E-state index in [4.69, 9.17) is 4.74 Å². The molecule has 2 saturated heterocycles. The second-order valence-electron chi connectivity index (χ2n) is 6.87. The lowest BCUT2D eigenvalue weighted by Gasteiger charge is -2.33. The van der Waals surface area contributed by atoms with Crippen LogP contribution in [0.15, 0.2) is 18.2 Å². The van der Waals surface area contributed by atoms with Crippen molar-refractivity contribution >= 4 is 33.3 Å². The van der Waals surface area contributed by atoms with Crippen LogP contribution in [0.2, 0.25) is 0 Å². The summed E-state index contributed by atoms with van der Waals surface area (Å²) < 4.78 is 19.6. The monoisotopic (exact) mass is 363 g/mol. The summed E-state index contributed by atoms with van der Waals surface area (Å²) in [6, 6.07) is 4.50. The average molecular weight is 363 g/mol. The number of carboxylic acids is 1. The van der Waals surface area contributed by atoms with Gasteiger partial charge in [-0.3, -0.25) is 9.59 Å². The molecule has 2 atom stereocenters. The smallest absolute Gasteiger partial charge is 0.311 e. The van der Waals surface area contributed by atoms with E-state index in [0.29, 0.717) is 31.1 Å². The third-order valence-electron chi connectivity index (χ3n) is 5.51. The molecule has 4 rings (SSSR count). The molecule has 25 heavy (non-hydrogen) atoms. The third kappa shape index (κ3) is 2.45. The number of ether oxygens (including phenoxy) is 1. The summed E-state index contributed by atoms with van der Waals surface area (Å²) in [7, 11) is 0. The Morgan fingerprint density at radius 2 is 2.24 bits per heavy atom. The number of halogens is 1. The van der Waals surface area contributed by atoms with Crippen LogP contribution in [0, 0.1) is 24.1 Å². The first-order valence-corrected chi connectivity index (χ1v) is 9.03. The number of aryl methyl sites for hydroxylation is 1. The highest BCUT2D eigenvalue weighted by atomic mass is 32.1. The van der Waals surface area contributed by atoms with Crippen LogP contribution in [0.4, 0.5) is 4.39 Å². The average Bonchev–Trinajstić information content (AvgIpc) is 3.13. The Bertz CT molecular complexity index is 879. The molecule has 3 heterocycles. The van der Waals surface area contributed by atoms with Crippen molar-refractivity contribution in [3.8, 4) is 0 Å². The van der Waals surface area contributed by atoms with Crippen molar-refractivity contribution in [1.82, 2.24) is 4.90 Å². The summed E-state index contributed by atoms with van der Waals surface area (Å²) in [6.07, 6.45) is 0.424. The predicted molar refractivity (Wildman–Crippen MR) is 91.4 cm³/mol. The minimum absolute atomic E-state index is 0.172. The maximum absolute atomic E-state index is 13.5. The van der Waals surface area contributed by atoms with Gasteiger partial charge in [-0.05, 0) is 36.4 Å². The van der Waals surface area contributed by atoms with Gasteiger partial charge in [0.05, 0.1) is 16.9 Å². The Kier molecular flexibility index (Phi) is 3.81. The molecule has 0 saturated carbocycles. The summed E-state index contributed by atoms with van der Waals surface area (Å²) >= 11 is 1.26. The summed E-state index contributed by atoms with van der Waals surface area (Å²) in [5.74, 6) is -1.54. The van der Waals surface area contributed by atoms with Crippen molar-refractivity contribution in [2.75, 3.05) is 26.3 Å². The fourth-order valence-corrected chi connectivity index (χ4v) is 5.20. The lowest BCUT2D eigenvalue weighted by Crippen LogP contribution is -2.45. The van der Waals surface area contributed by atoms with E-state index in [1.54, 1.807) is 11.0 Å². The van der Waals surface area contributed by atoms with Crippen molar-refractivity contribution in [2.24, 2.45) is 11.3 Å². The largest absolute Gasteiger partial charge is 0.481 e. The molecule has 132 valence electrons.